The fraction of sp³-hybridized carbons (Fsp3) is 0.492. The molecule has 0 bridgehead atoms. The smallest absolute Gasteiger partial charge is 0.252 e. The molecule has 0 aromatic heterocycles. The second-order valence-electron chi connectivity index (χ2n) is 25.8. The molecular weight excluding hydrogens is 747 g/mol. The van der Waals surface area contributed by atoms with E-state index in [2.05, 4.69) is 201 Å². The number of hydrogen-bond acceptors (Lipinski definition) is 2. The molecule has 3 heteroatoms. The second-order valence-corrected chi connectivity index (χ2v) is 25.8. The SMILES string of the molecule is Cc1cc2c3c(c1)N(c1ccc4c(c1C)C(C)(C)CC4(C)C)c1cc4c(cc1B3c1ccc(C(C)(C)C)cc1N2c1cc2c(cc1C)C(C)(C)CCC2(C)C)C(C)(C)CC4(C)C. The fourth-order valence-corrected chi connectivity index (χ4v) is 14.2. The summed E-state index contributed by atoms with van der Waals surface area (Å²) >= 11 is 0. The Kier molecular flexibility index (Phi) is 8.43. The molecule has 0 saturated heterocycles. The van der Waals surface area contributed by atoms with Gasteiger partial charge in [0.05, 0.1) is 0 Å². The van der Waals surface area contributed by atoms with E-state index >= 15 is 0 Å². The Morgan fingerprint density at radius 1 is 0.452 bits per heavy atom. The number of nitrogens with zero attached hydrogens (tertiary/aromatic N) is 2. The minimum Gasteiger partial charge on any atom is -0.311 e. The highest BCUT2D eigenvalue weighted by Gasteiger charge is 2.50. The third-order valence-electron chi connectivity index (χ3n) is 16.9. The zero-order valence-electron chi connectivity index (χ0n) is 41.7. The average molecular weight is 821 g/mol. The molecule has 62 heavy (non-hydrogen) atoms. The van der Waals surface area contributed by atoms with Gasteiger partial charge >= 0.3 is 0 Å². The molecule has 0 atom stereocenters. The number of benzene rings is 5. The molecule has 0 N–H and O–H groups in total. The zero-order valence-corrected chi connectivity index (χ0v) is 41.7. The van der Waals surface area contributed by atoms with E-state index < -0.39 is 0 Å². The minimum atomic E-state index is 0.000787. The van der Waals surface area contributed by atoms with Gasteiger partial charge in [0.2, 0.25) is 0 Å². The fourth-order valence-electron chi connectivity index (χ4n) is 14.2. The first-order chi connectivity index (χ1) is 28.6. The zero-order chi connectivity index (χ0) is 44.8. The number of rotatable bonds is 2. The summed E-state index contributed by atoms with van der Waals surface area (Å²) in [7, 11) is 0. The van der Waals surface area contributed by atoms with Crippen LogP contribution in [0.4, 0.5) is 34.1 Å². The van der Waals surface area contributed by atoms with Gasteiger partial charge in [-0.1, -0.05) is 134 Å². The Bertz CT molecular complexity index is 2780. The molecule has 2 nitrogen and oxygen atoms in total. The predicted molar refractivity (Wildman–Crippen MR) is 270 cm³/mol. The summed E-state index contributed by atoms with van der Waals surface area (Å²) in [5.41, 5.74) is 27.5. The van der Waals surface area contributed by atoms with Gasteiger partial charge in [-0.25, -0.2) is 0 Å². The lowest BCUT2D eigenvalue weighted by Crippen LogP contribution is -2.61. The summed E-state index contributed by atoms with van der Waals surface area (Å²) in [6, 6.07) is 28.1. The largest absolute Gasteiger partial charge is 0.311 e. The summed E-state index contributed by atoms with van der Waals surface area (Å²) in [5.74, 6) is 0. The number of aryl methyl sites for hydroxylation is 2. The van der Waals surface area contributed by atoms with Crippen molar-refractivity contribution in [3.05, 3.63) is 122 Å². The Hall–Kier alpha value is -4.24. The Morgan fingerprint density at radius 2 is 0.952 bits per heavy atom. The number of hydrogen-bond donors (Lipinski definition) is 0. The lowest BCUT2D eigenvalue weighted by Gasteiger charge is -2.47. The van der Waals surface area contributed by atoms with Crippen LogP contribution in [0.3, 0.4) is 0 Å². The van der Waals surface area contributed by atoms with Gasteiger partial charge in [0, 0.05) is 34.1 Å². The minimum absolute atomic E-state index is 0.000787. The maximum atomic E-state index is 2.73. The van der Waals surface area contributed by atoms with E-state index in [1.165, 1.54) is 113 Å². The van der Waals surface area contributed by atoms with E-state index in [0.717, 1.165) is 12.8 Å². The van der Waals surface area contributed by atoms with Gasteiger partial charge in [0.1, 0.15) is 0 Å². The van der Waals surface area contributed by atoms with Crippen LogP contribution in [-0.4, -0.2) is 6.71 Å². The molecule has 3 aliphatic carbocycles. The summed E-state index contributed by atoms with van der Waals surface area (Å²) < 4.78 is 0. The molecule has 0 fully saturated rings. The van der Waals surface area contributed by atoms with E-state index in [0.29, 0.717) is 0 Å². The Labute approximate surface area is 376 Å². The van der Waals surface area contributed by atoms with Gasteiger partial charge in [0.15, 0.2) is 0 Å². The van der Waals surface area contributed by atoms with E-state index in [-0.39, 0.29) is 44.6 Å². The van der Waals surface area contributed by atoms with Crippen molar-refractivity contribution in [3.8, 4) is 0 Å². The van der Waals surface area contributed by atoms with Crippen molar-refractivity contribution in [1.29, 1.82) is 0 Å². The maximum absolute atomic E-state index is 2.73. The molecule has 0 spiro atoms. The van der Waals surface area contributed by atoms with Crippen LogP contribution in [0, 0.1) is 20.8 Å². The van der Waals surface area contributed by atoms with Crippen LogP contribution >= 0.6 is 0 Å². The molecule has 5 aliphatic rings. The quantitative estimate of drug-likeness (QED) is 0.160. The number of fused-ring (bicyclic) bond motifs is 7. The topological polar surface area (TPSA) is 6.48 Å². The molecule has 0 unspecified atom stereocenters. The average Bonchev–Trinajstić information content (AvgIpc) is 3.46. The van der Waals surface area contributed by atoms with Gasteiger partial charge in [-0.2, -0.15) is 0 Å². The Morgan fingerprint density at radius 3 is 1.56 bits per heavy atom. The van der Waals surface area contributed by atoms with Crippen molar-refractivity contribution in [2.75, 3.05) is 9.80 Å². The van der Waals surface area contributed by atoms with Crippen LogP contribution in [0.2, 0.25) is 0 Å². The lowest BCUT2D eigenvalue weighted by molar-refractivity contribution is 0.332. The van der Waals surface area contributed by atoms with E-state index in [4.69, 9.17) is 0 Å². The van der Waals surface area contributed by atoms with E-state index in [1.807, 2.05) is 0 Å². The van der Waals surface area contributed by atoms with Crippen LogP contribution in [0.1, 0.15) is 185 Å². The number of anilines is 6. The first kappa shape index (κ1) is 41.8. The predicted octanol–water partition coefficient (Wildman–Crippen LogP) is 14.3. The third kappa shape index (κ3) is 5.74. The molecule has 322 valence electrons. The summed E-state index contributed by atoms with van der Waals surface area (Å²) in [6.07, 6.45) is 4.71. The first-order valence-corrected chi connectivity index (χ1v) is 23.9. The van der Waals surface area contributed by atoms with Gasteiger partial charge in [-0.15, -0.1) is 0 Å². The second kappa shape index (κ2) is 12.5. The normalized spacial score (nSPS) is 21.2. The molecule has 2 heterocycles. The van der Waals surface area contributed by atoms with Crippen LogP contribution in [0.5, 0.6) is 0 Å². The van der Waals surface area contributed by atoms with Crippen molar-refractivity contribution < 1.29 is 0 Å². The highest BCUT2D eigenvalue weighted by Crippen LogP contribution is 2.57. The molecule has 0 saturated carbocycles. The molecule has 2 aliphatic heterocycles. The molecule has 5 aromatic carbocycles. The van der Waals surface area contributed by atoms with Crippen molar-refractivity contribution >= 4 is 57.2 Å². The van der Waals surface area contributed by atoms with E-state index in [1.54, 1.807) is 5.56 Å². The highest BCUT2D eigenvalue weighted by atomic mass is 15.2. The first-order valence-electron chi connectivity index (χ1n) is 23.9. The van der Waals surface area contributed by atoms with Crippen molar-refractivity contribution in [3.63, 3.8) is 0 Å². The van der Waals surface area contributed by atoms with Crippen LogP contribution in [-0.2, 0) is 37.9 Å². The monoisotopic (exact) mass is 821 g/mol. The van der Waals surface area contributed by atoms with Gasteiger partial charge in [0.25, 0.3) is 6.71 Å². The lowest BCUT2D eigenvalue weighted by atomic mass is 9.33. The third-order valence-corrected chi connectivity index (χ3v) is 16.9. The van der Waals surface area contributed by atoms with Crippen molar-refractivity contribution in [2.24, 2.45) is 0 Å². The molecule has 5 aromatic rings. The van der Waals surface area contributed by atoms with Crippen molar-refractivity contribution in [2.45, 2.75) is 188 Å². The van der Waals surface area contributed by atoms with Crippen LogP contribution < -0.4 is 26.2 Å². The summed E-state index contributed by atoms with van der Waals surface area (Å²) in [4.78, 5) is 5.44. The molecule has 0 amide bonds. The summed E-state index contributed by atoms with van der Waals surface area (Å²) in [5, 5.41) is 0. The van der Waals surface area contributed by atoms with Crippen LogP contribution in [0.25, 0.3) is 0 Å². The molecular formula is C59H73BN2. The van der Waals surface area contributed by atoms with Gasteiger partial charge in [-0.05, 0) is 193 Å². The standard InChI is InChI=1S/C59H73BN2/c1-34-25-49-52-50(26-34)62(46-30-41-39(27-35(46)2)54(7,8)23-24-55(41,9)10)47-28-37(53(4,5)6)19-21-43(47)60(52)44-29-40-42(58(15,16)32-57(40,13)14)31-48(44)61(49)45-22-20-38-51(36(45)3)59(17,18)33-56(38,11)12/h19-22,25-31H,23-24,32-33H2,1-18H3. The van der Waals surface area contributed by atoms with Crippen LogP contribution in [0.15, 0.2) is 66.7 Å². The van der Waals surface area contributed by atoms with Gasteiger partial charge < -0.3 is 9.80 Å². The summed E-state index contributed by atoms with van der Waals surface area (Å²) in [6.45, 7) is 44.0. The van der Waals surface area contributed by atoms with Gasteiger partial charge in [-0.3, -0.25) is 0 Å². The van der Waals surface area contributed by atoms with E-state index in [9.17, 15) is 0 Å². The molecule has 10 rings (SSSR count). The maximum Gasteiger partial charge on any atom is 0.252 e. The Balaban J connectivity index is 1.33. The highest BCUT2D eigenvalue weighted by molar-refractivity contribution is 7.00. The van der Waals surface area contributed by atoms with Crippen molar-refractivity contribution in [1.82, 2.24) is 0 Å². The molecule has 0 radical (unpaired) electrons.